The molecule has 0 saturated heterocycles. The normalized spacial score (nSPS) is 11.3. The lowest BCUT2D eigenvalue weighted by Gasteiger charge is -2.17. The Morgan fingerprint density at radius 1 is 1.41 bits per heavy atom. The molecule has 0 bridgehead atoms. The zero-order chi connectivity index (χ0) is 16.1. The molecule has 116 valence electrons. The van der Waals surface area contributed by atoms with Crippen molar-refractivity contribution >= 4 is 35.3 Å². The molecule has 0 radical (unpaired) electrons. The highest BCUT2D eigenvalue weighted by Gasteiger charge is 2.11. The minimum Gasteiger partial charge on any atom is -0.465 e. The van der Waals surface area contributed by atoms with Crippen LogP contribution >= 0.6 is 11.3 Å². The molecular formula is C17H20N2O2S. The monoisotopic (exact) mass is 316 g/mol. The highest BCUT2D eigenvalue weighted by Crippen LogP contribution is 2.21. The van der Waals surface area contributed by atoms with E-state index in [2.05, 4.69) is 24.2 Å². The maximum absolute atomic E-state index is 11.2. The Labute approximate surface area is 134 Å². The third-order valence-corrected chi connectivity index (χ3v) is 4.11. The van der Waals surface area contributed by atoms with Crippen LogP contribution in [0.3, 0.4) is 0 Å². The second-order valence-corrected chi connectivity index (χ2v) is 6.11. The Morgan fingerprint density at radius 2 is 2.18 bits per heavy atom. The van der Waals surface area contributed by atoms with E-state index in [0.29, 0.717) is 18.2 Å². The molecule has 2 rings (SSSR count). The van der Waals surface area contributed by atoms with Crippen molar-refractivity contribution in [3.8, 4) is 0 Å². The molecule has 22 heavy (non-hydrogen) atoms. The van der Waals surface area contributed by atoms with Crippen molar-refractivity contribution in [2.75, 3.05) is 11.4 Å². The quantitative estimate of drug-likeness (QED) is 0.850. The van der Waals surface area contributed by atoms with Gasteiger partial charge in [-0.2, -0.15) is 0 Å². The molecule has 0 fully saturated rings. The van der Waals surface area contributed by atoms with Gasteiger partial charge in [0.15, 0.2) is 0 Å². The number of thiazole rings is 1. The Bertz CT molecular complexity index is 677. The molecule has 2 aromatic rings. The minimum absolute atomic E-state index is 0.423. The fraction of sp³-hybridized carbons (Fsp3) is 0.294. The highest BCUT2D eigenvalue weighted by molar-refractivity contribution is 7.10. The summed E-state index contributed by atoms with van der Waals surface area (Å²) in [5.41, 5.74) is 2.74. The van der Waals surface area contributed by atoms with Crippen molar-refractivity contribution in [3.05, 3.63) is 45.9 Å². The molecule has 0 atom stereocenters. The maximum atomic E-state index is 11.2. The predicted molar refractivity (Wildman–Crippen MR) is 92.6 cm³/mol. The Balaban J connectivity index is 2.18. The zero-order valence-corrected chi connectivity index (χ0v) is 13.8. The van der Waals surface area contributed by atoms with Crippen LogP contribution in [0.1, 0.15) is 43.0 Å². The average molecular weight is 316 g/mol. The van der Waals surface area contributed by atoms with Gasteiger partial charge in [0.2, 0.25) is 0 Å². The summed E-state index contributed by atoms with van der Waals surface area (Å²) in [7, 11) is 0. The number of anilines is 1. The fourth-order valence-corrected chi connectivity index (χ4v) is 2.91. The number of amides is 1. The number of hydrogen-bond donors (Lipinski definition) is 1. The third kappa shape index (κ3) is 3.95. The van der Waals surface area contributed by atoms with Crippen LogP contribution in [0.2, 0.25) is 0 Å². The number of carbonyl (C=O) groups is 1. The number of carboxylic acid groups (broad SMARTS) is 1. The predicted octanol–water partition coefficient (Wildman–Crippen LogP) is 4.94. The van der Waals surface area contributed by atoms with Crippen LogP contribution in [0.4, 0.5) is 10.5 Å². The number of aromatic nitrogens is 1. The number of hydrogen-bond acceptors (Lipinski definition) is 3. The van der Waals surface area contributed by atoms with Crippen molar-refractivity contribution in [2.24, 2.45) is 0 Å². The molecule has 0 aliphatic rings. The summed E-state index contributed by atoms with van der Waals surface area (Å²) in [4.78, 5) is 17.1. The summed E-state index contributed by atoms with van der Waals surface area (Å²) >= 11 is 1.61. The van der Waals surface area contributed by atoms with Crippen LogP contribution in [0.25, 0.3) is 12.2 Å². The summed E-state index contributed by atoms with van der Waals surface area (Å²) in [6.07, 6.45) is 2.99. The van der Waals surface area contributed by atoms with E-state index in [4.69, 9.17) is 0 Å². The molecule has 1 aromatic heterocycles. The van der Waals surface area contributed by atoms with Gasteiger partial charge in [-0.3, -0.25) is 4.90 Å². The summed E-state index contributed by atoms with van der Waals surface area (Å²) in [6.45, 7) is 6.49. The van der Waals surface area contributed by atoms with Crippen LogP contribution in [-0.2, 0) is 0 Å². The van der Waals surface area contributed by atoms with Gasteiger partial charge in [-0.05, 0) is 36.6 Å². The van der Waals surface area contributed by atoms with Gasteiger partial charge in [0.05, 0.1) is 5.69 Å². The lowest BCUT2D eigenvalue weighted by Crippen LogP contribution is -2.28. The lowest BCUT2D eigenvalue weighted by molar-refractivity contribution is 0.202. The topological polar surface area (TPSA) is 53.4 Å². The fourth-order valence-electron chi connectivity index (χ4n) is 2.03. The molecule has 1 heterocycles. The Kier molecular flexibility index (Phi) is 5.33. The van der Waals surface area contributed by atoms with Gasteiger partial charge in [-0.25, -0.2) is 9.78 Å². The Hall–Kier alpha value is -2.14. The van der Waals surface area contributed by atoms with Gasteiger partial charge in [-0.1, -0.05) is 32.1 Å². The van der Waals surface area contributed by atoms with E-state index < -0.39 is 6.09 Å². The molecular weight excluding hydrogens is 296 g/mol. The summed E-state index contributed by atoms with van der Waals surface area (Å²) in [6, 6.07) is 7.48. The first-order valence-electron chi connectivity index (χ1n) is 7.25. The van der Waals surface area contributed by atoms with Gasteiger partial charge in [-0.15, -0.1) is 11.3 Å². The van der Waals surface area contributed by atoms with Crippen LogP contribution in [-0.4, -0.2) is 22.7 Å². The third-order valence-electron chi connectivity index (χ3n) is 3.28. The summed E-state index contributed by atoms with van der Waals surface area (Å²) in [5.74, 6) is 0.426. The summed E-state index contributed by atoms with van der Waals surface area (Å²) < 4.78 is 0. The van der Waals surface area contributed by atoms with E-state index in [9.17, 15) is 9.90 Å². The maximum Gasteiger partial charge on any atom is 0.411 e. The second-order valence-electron chi connectivity index (χ2n) is 5.22. The SMILES string of the molecule is CCN(C(=O)O)c1cccc(C=Cc2nc(C(C)C)cs2)c1. The minimum atomic E-state index is -0.940. The molecule has 0 saturated carbocycles. The van der Waals surface area contributed by atoms with E-state index in [0.717, 1.165) is 16.3 Å². The van der Waals surface area contributed by atoms with Crippen LogP contribution in [0.15, 0.2) is 29.6 Å². The van der Waals surface area contributed by atoms with E-state index in [1.165, 1.54) is 4.90 Å². The Morgan fingerprint density at radius 3 is 2.77 bits per heavy atom. The highest BCUT2D eigenvalue weighted by atomic mass is 32.1. The van der Waals surface area contributed by atoms with Crippen LogP contribution in [0.5, 0.6) is 0 Å². The van der Waals surface area contributed by atoms with Crippen molar-refractivity contribution in [1.82, 2.24) is 4.98 Å². The van der Waals surface area contributed by atoms with Gasteiger partial charge >= 0.3 is 6.09 Å². The molecule has 5 heteroatoms. The van der Waals surface area contributed by atoms with Gasteiger partial charge in [0.1, 0.15) is 5.01 Å². The average Bonchev–Trinajstić information content (AvgIpc) is 2.95. The molecule has 0 spiro atoms. The van der Waals surface area contributed by atoms with Crippen LogP contribution < -0.4 is 4.90 Å². The standard InChI is InChI=1S/C17H20N2O2S/c1-4-19(17(20)21)14-7-5-6-13(10-14)8-9-16-18-15(11-22-16)12(2)3/h5-12H,4H2,1-3H3,(H,20,21). The molecule has 4 nitrogen and oxygen atoms in total. The van der Waals surface area contributed by atoms with Crippen LogP contribution in [0, 0.1) is 0 Å². The van der Waals surface area contributed by atoms with Gasteiger partial charge in [0, 0.05) is 17.6 Å². The molecule has 0 aliphatic heterocycles. The first kappa shape index (κ1) is 16.2. The molecule has 1 amide bonds. The van der Waals surface area contributed by atoms with E-state index >= 15 is 0 Å². The van der Waals surface area contributed by atoms with Crippen molar-refractivity contribution in [2.45, 2.75) is 26.7 Å². The lowest BCUT2D eigenvalue weighted by atomic mass is 10.1. The van der Waals surface area contributed by atoms with Crippen molar-refractivity contribution in [1.29, 1.82) is 0 Å². The number of rotatable bonds is 5. The first-order valence-corrected chi connectivity index (χ1v) is 8.13. The second kappa shape index (κ2) is 7.22. The zero-order valence-electron chi connectivity index (χ0n) is 13.0. The summed E-state index contributed by atoms with van der Waals surface area (Å²) in [5, 5.41) is 12.2. The van der Waals surface area contributed by atoms with Gasteiger partial charge < -0.3 is 5.11 Å². The van der Waals surface area contributed by atoms with Crippen molar-refractivity contribution < 1.29 is 9.90 Å². The van der Waals surface area contributed by atoms with Gasteiger partial charge in [0.25, 0.3) is 0 Å². The first-order chi connectivity index (χ1) is 10.5. The van der Waals surface area contributed by atoms with Crippen molar-refractivity contribution in [3.63, 3.8) is 0 Å². The smallest absolute Gasteiger partial charge is 0.411 e. The largest absolute Gasteiger partial charge is 0.465 e. The molecule has 1 aromatic carbocycles. The molecule has 1 N–H and O–H groups in total. The number of nitrogens with zero attached hydrogens (tertiary/aromatic N) is 2. The molecule has 0 unspecified atom stereocenters. The van der Waals surface area contributed by atoms with E-state index in [-0.39, 0.29) is 0 Å². The number of benzene rings is 1. The molecule has 0 aliphatic carbocycles. The van der Waals surface area contributed by atoms with E-state index in [1.54, 1.807) is 17.4 Å². The van der Waals surface area contributed by atoms with E-state index in [1.807, 2.05) is 37.3 Å².